The van der Waals surface area contributed by atoms with Crippen LogP contribution in [0.1, 0.15) is 11.3 Å². The number of anilines is 1. The molecule has 1 amide bonds. The van der Waals surface area contributed by atoms with Crippen molar-refractivity contribution in [1.29, 1.82) is 0 Å². The summed E-state index contributed by atoms with van der Waals surface area (Å²) in [5, 5.41) is 15.1. The molecule has 7 heteroatoms. The van der Waals surface area contributed by atoms with Crippen LogP contribution in [0.25, 0.3) is 10.6 Å². The molecule has 0 unspecified atom stereocenters. The van der Waals surface area contributed by atoms with E-state index in [4.69, 9.17) is 0 Å². The Hall–Kier alpha value is -2.74. The van der Waals surface area contributed by atoms with Crippen molar-refractivity contribution in [2.24, 2.45) is 0 Å². The molecule has 156 valence electrons. The van der Waals surface area contributed by atoms with Crippen molar-refractivity contribution < 1.29 is 9.90 Å². The third kappa shape index (κ3) is 5.44. The molecular weight excluding hydrogens is 396 g/mol. The van der Waals surface area contributed by atoms with Crippen LogP contribution < -0.4 is 5.32 Å². The molecule has 2 heterocycles. The van der Waals surface area contributed by atoms with Crippen LogP contribution in [0.2, 0.25) is 0 Å². The van der Waals surface area contributed by atoms with Gasteiger partial charge in [0.1, 0.15) is 10.8 Å². The minimum Gasteiger partial charge on any atom is -0.508 e. The minimum absolute atomic E-state index is 0.125. The number of nitrogens with zero attached hydrogens (tertiary/aromatic N) is 3. The second kappa shape index (κ2) is 9.38. The van der Waals surface area contributed by atoms with Crippen LogP contribution in [-0.2, 0) is 17.8 Å². The molecule has 30 heavy (non-hydrogen) atoms. The van der Waals surface area contributed by atoms with E-state index >= 15 is 0 Å². The van der Waals surface area contributed by atoms with Crippen molar-refractivity contribution in [1.82, 2.24) is 14.8 Å². The smallest absolute Gasteiger partial charge is 0.230 e. The predicted octanol–water partition coefficient (Wildman–Crippen LogP) is 3.44. The van der Waals surface area contributed by atoms with Gasteiger partial charge in [0.25, 0.3) is 0 Å². The van der Waals surface area contributed by atoms with Gasteiger partial charge in [-0.25, -0.2) is 4.98 Å². The fourth-order valence-electron chi connectivity index (χ4n) is 3.49. The van der Waals surface area contributed by atoms with E-state index < -0.39 is 0 Å². The number of rotatable bonds is 6. The maximum absolute atomic E-state index is 12.3. The minimum atomic E-state index is -0.153. The second-order valence-corrected chi connectivity index (χ2v) is 8.55. The molecule has 1 aromatic heterocycles. The van der Waals surface area contributed by atoms with Crippen molar-refractivity contribution in [2.75, 3.05) is 38.5 Å². The lowest BCUT2D eigenvalue weighted by Gasteiger charge is -2.32. The highest BCUT2D eigenvalue weighted by Gasteiger charge is 2.14. The maximum atomic E-state index is 12.3. The number of piperazine rings is 1. The number of aromatic hydroxyl groups is 1. The Bertz CT molecular complexity index is 994. The molecule has 0 saturated carbocycles. The molecule has 3 aromatic rings. The Morgan fingerprint density at radius 2 is 1.90 bits per heavy atom. The van der Waals surface area contributed by atoms with Gasteiger partial charge in [-0.2, -0.15) is 0 Å². The quantitative estimate of drug-likeness (QED) is 0.637. The Labute approximate surface area is 180 Å². The second-order valence-electron chi connectivity index (χ2n) is 7.70. The summed E-state index contributed by atoms with van der Waals surface area (Å²) in [5.74, 6) is -0.0280. The number of carbonyl (C=O) groups excluding carboxylic acids is 1. The molecule has 2 N–H and O–H groups in total. The van der Waals surface area contributed by atoms with Gasteiger partial charge in [-0.3, -0.25) is 9.69 Å². The zero-order chi connectivity index (χ0) is 20.9. The standard InChI is InChI=1S/C23H26N4O2S/c1-26-9-11-27(12-10-26)15-17-5-7-18(8-6-17)23-25-20(16-30-23)14-22(29)24-19-3-2-4-21(28)13-19/h2-8,13,16,28H,9-12,14-15H2,1H3,(H,24,29). The molecule has 1 aliphatic rings. The van der Waals surface area contributed by atoms with Crippen LogP contribution in [0, 0.1) is 0 Å². The van der Waals surface area contributed by atoms with E-state index in [1.54, 1.807) is 29.5 Å². The number of carbonyl (C=O) groups is 1. The van der Waals surface area contributed by atoms with E-state index in [9.17, 15) is 9.90 Å². The number of nitrogens with one attached hydrogen (secondary N) is 1. The van der Waals surface area contributed by atoms with Crippen molar-refractivity contribution in [3.8, 4) is 16.3 Å². The molecule has 0 atom stereocenters. The molecule has 1 fully saturated rings. The third-order valence-corrected chi connectivity index (χ3v) is 6.17. The molecule has 2 aromatic carbocycles. The Morgan fingerprint density at radius 1 is 1.13 bits per heavy atom. The van der Waals surface area contributed by atoms with Crippen molar-refractivity contribution >= 4 is 22.9 Å². The first-order chi connectivity index (χ1) is 14.5. The van der Waals surface area contributed by atoms with E-state index in [2.05, 4.69) is 51.4 Å². The third-order valence-electron chi connectivity index (χ3n) is 5.23. The van der Waals surface area contributed by atoms with Gasteiger partial charge in [0.15, 0.2) is 0 Å². The van der Waals surface area contributed by atoms with Gasteiger partial charge in [0, 0.05) is 55.4 Å². The van der Waals surface area contributed by atoms with E-state index in [1.165, 1.54) is 11.6 Å². The highest BCUT2D eigenvalue weighted by Crippen LogP contribution is 2.25. The molecule has 4 rings (SSSR count). The summed E-state index contributed by atoms with van der Waals surface area (Å²) < 4.78 is 0. The lowest BCUT2D eigenvalue weighted by atomic mass is 10.1. The first-order valence-corrected chi connectivity index (χ1v) is 11.0. The molecule has 1 aliphatic heterocycles. The van der Waals surface area contributed by atoms with Gasteiger partial charge in [0.05, 0.1) is 12.1 Å². The lowest BCUT2D eigenvalue weighted by Crippen LogP contribution is -2.43. The molecule has 6 nitrogen and oxygen atoms in total. The van der Waals surface area contributed by atoms with Crippen LogP contribution in [-0.4, -0.2) is 59.0 Å². The summed E-state index contributed by atoms with van der Waals surface area (Å²) in [4.78, 5) is 21.7. The first-order valence-electron chi connectivity index (χ1n) is 10.1. The monoisotopic (exact) mass is 422 g/mol. The maximum Gasteiger partial charge on any atom is 0.230 e. The van der Waals surface area contributed by atoms with Crippen LogP contribution in [0.4, 0.5) is 5.69 Å². The van der Waals surface area contributed by atoms with Gasteiger partial charge >= 0.3 is 0 Å². The number of phenols is 1. The SMILES string of the molecule is CN1CCN(Cc2ccc(-c3nc(CC(=O)Nc4cccc(O)c4)cs3)cc2)CC1. The number of amides is 1. The van der Waals surface area contributed by atoms with Crippen LogP contribution >= 0.6 is 11.3 Å². The number of phenolic OH excluding ortho intramolecular Hbond substituents is 1. The highest BCUT2D eigenvalue weighted by atomic mass is 32.1. The fourth-order valence-corrected chi connectivity index (χ4v) is 4.32. The zero-order valence-corrected chi connectivity index (χ0v) is 17.9. The summed E-state index contributed by atoms with van der Waals surface area (Å²) in [7, 11) is 2.17. The number of aromatic nitrogens is 1. The van der Waals surface area contributed by atoms with E-state index in [0.29, 0.717) is 5.69 Å². The van der Waals surface area contributed by atoms with Gasteiger partial charge in [-0.15, -0.1) is 11.3 Å². The molecule has 0 aliphatic carbocycles. The molecule has 0 radical (unpaired) electrons. The average Bonchev–Trinajstić information content (AvgIpc) is 3.18. The summed E-state index contributed by atoms with van der Waals surface area (Å²) in [6.07, 6.45) is 0.202. The number of benzene rings is 2. The highest BCUT2D eigenvalue weighted by molar-refractivity contribution is 7.13. The van der Waals surface area contributed by atoms with Crippen LogP contribution in [0.15, 0.2) is 53.9 Å². The number of hydrogen-bond donors (Lipinski definition) is 2. The fraction of sp³-hybridized carbons (Fsp3) is 0.304. The van der Waals surface area contributed by atoms with E-state index in [0.717, 1.165) is 49.0 Å². The molecule has 0 spiro atoms. The Kier molecular flexibility index (Phi) is 6.42. The Balaban J connectivity index is 1.33. The average molecular weight is 423 g/mol. The van der Waals surface area contributed by atoms with Gasteiger partial charge in [-0.05, 0) is 24.7 Å². The molecule has 1 saturated heterocycles. The summed E-state index contributed by atoms with van der Waals surface area (Å²) in [6, 6.07) is 15.1. The molecular formula is C23H26N4O2S. The van der Waals surface area contributed by atoms with Crippen LogP contribution in [0.3, 0.4) is 0 Å². The zero-order valence-electron chi connectivity index (χ0n) is 17.0. The van der Waals surface area contributed by atoms with Gasteiger partial charge in [0.2, 0.25) is 5.91 Å². The number of thiazole rings is 1. The van der Waals surface area contributed by atoms with Crippen molar-refractivity contribution in [3.05, 3.63) is 65.2 Å². The lowest BCUT2D eigenvalue weighted by molar-refractivity contribution is -0.115. The predicted molar refractivity (Wildman–Crippen MR) is 121 cm³/mol. The Morgan fingerprint density at radius 3 is 2.63 bits per heavy atom. The molecule has 0 bridgehead atoms. The summed E-state index contributed by atoms with van der Waals surface area (Å²) in [6.45, 7) is 5.45. The normalized spacial score (nSPS) is 15.2. The van der Waals surface area contributed by atoms with E-state index in [1.807, 2.05) is 5.38 Å². The van der Waals surface area contributed by atoms with Crippen molar-refractivity contribution in [3.63, 3.8) is 0 Å². The van der Waals surface area contributed by atoms with E-state index in [-0.39, 0.29) is 18.1 Å². The largest absolute Gasteiger partial charge is 0.508 e. The summed E-state index contributed by atoms with van der Waals surface area (Å²) >= 11 is 1.55. The van der Waals surface area contributed by atoms with Gasteiger partial charge in [-0.1, -0.05) is 30.3 Å². The van der Waals surface area contributed by atoms with Gasteiger partial charge < -0.3 is 15.3 Å². The first kappa shape index (κ1) is 20.5. The van der Waals surface area contributed by atoms with Crippen molar-refractivity contribution in [2.45, 2.75) is 13.0 Å². The topological polar surface area (TPSA) is 68.7 Å². The number of hydrogen-bond acceptors (Lipinski definition) is 6. The summed E-state index contributed by atoms with van der Waals surface area (Å²) in [5.41, 5.74) is 3.70. The number of likely N-dealkylation sites (N-methyl/N-ethyl adjacent to an activating group) is 1. The van der Waals surface area contributed by atoms with Crippen LogP contribution in [0.5, 0.6) is 5.75 Å².